The van der Waals surface area contributed by atoms with E-state index in [0.717, 1.165) is 17.8 Å². The molecule has 2 aromatic carbocycles. The van der Waals surface area contributed by atoms with Crippen molar-refractivity contribution in [1.29, 1.82) is 0 Å². The molecule has 0 unspecified atom stereocenters. The monoisotopic (exact) mass is 787 g/mol. The zero-order valence-corrected chi connectivity index (χ0v) is 36.0. The third-order valence-corrected chi connectivity index (χ3v) is 18.5. The minimum atomic E-state index is -3.78. The summed E-state index contributed by atoms with van der Waals surface area (Å²) in [5.41, 5.74) is -1.36. The lowest BCUT2D eigenvalue weighted by Crippen LogP contribution is -2.43. The van der Waals surface area contributed by atoms with Crippen LogP contribution in [0.3, 0.4) is 0 Å². The van der Waals surface area contributed by atoms with Gasteiger partial charge < -0.3 is 23.0 Å². The molecule has 10 nitrogen and oxygen atoms in total. The van der Waals surface area contributed by atoms with E-state index in [1.54, 1.807) is 31.3 Å². The topological polar surface area (TPSA) is 118 Å². The molecule has 0 radical (unpaired) electrons. The molecule has 0 saturated carbocycles. The average molecular weight is 788 g/mol. The molecule has 0 amide bonds. The van der Waals surface area contributed by atoms with Crippen molar-refractivity contribution in [3.05, 3.63) is 48.0 Å². The van der Waals surface area contributed by atoms with Gasteiger partial charge in [0.2, 0.25) is 10.0 Å². The number of alkyl halides is 2. The number of sulfonamides is 1. The second-order valence-electron chi connectivity index (χ2n) is 17.1. The van der Waals surface area contributed by atoms with Gasteiger partial charge >= 0.3 is 14.2 Å². The van der Waals surface area contributed by atoms with Crippen LogP contribution in [0, 0.1) is 0 Å². The van der Waals surface area contributed by atoms with E-state index >= 15 is 0 Å². The van der Waals surface area contributed by atoms with E-state index in [-0.39, 0.29) is 9.93 Å². The molecule has 0 atom stereocenters. The van der Waals surface area contributed by atoms with E-state index in [1.807, 2.05) is 55.4 Å². The minimum Gasteiger partial charge on any atom is -0.415 e. The molecule has 2 aliphatic rings. The normalized spacial score (nSPS) is 20.0. The van der Waals surface area contributed by atoms with Crippen LogP contribution in [0.5, 0.6) is 0 Å². The van der Waals surface area contributed by atoms with Crippen molar-refractivity contribution in [1.82, 2.24) is 4.31 Å². The third kappa shape index (κ3) is 9.75. The van der Waals surface area contributed by atoms with E-state index in [9.17, 15) is 25.6 Å². The molecule has 2 saturated heterocycles. The van der Waals surface area contributed by atoms with E-state index < -0.39 is 81.7 Å². The van der Waals surface area contributed by atoms with Crippen molar-refractivity contribution in [2.45, 2.75) is 133 Å². The van der Waals surface area contributed by atoms with Crippen LogP contribution in [0.4, 0.5) is 8.78 Å². The zero-order valence-electron chi connectivity index (χ0n) is 33.4. The molecule has 2 heterocycles. The number of benzene rings is 2. The maximum atomic E-state index is 13.0. The maximum absolute atomic E-state index is 13.0. The van der Waals surface area contributed by atoms with Crippen molar-refractivity contribution < 1.29 is 48.7 Å². The molecule has 0 spiro atoms. The number of hydrogen-bond acceptors (Lipinski definition) is 9. The average Bonchev–Trinajstić information content (AvgIpc) is 3.35. The van der Waals surface area contributed by atoms with Crippen LogP contribution in [0.2, 0.25) is 18.1 Å². The second kappa shape index (κ2) is 15.1. The Morgan fingerprint density at radius 2 is 1.17 bits per heavy atom. The zero-order chi connectivity index (χ0) is 40.1. The Kier molecular flexibility index (Phi) is 13.0. The lowest BCUT2D eigenvalue weighted by Gasteiger charge is -2.36. The fraction of sp³-hybridized carbons (Fsp3) is 0.657. The highest BCUT2D eigenvalue weighted by molar-refractivity contribution is 7.90. The SMILES string of the molecule is CC1(C)OB(c2ccc(C(F)F)c(S(C)(=O)=O)c2)OC1(C)C.CN(CCO[Si](C)(C)C(C)(C)C)S(=O)(=O)c1ccc(B2OC(C)(C)C(C)(C)O2)cc1. The summed E-state index contributed by atoms with van der Waals surface area (Å²) < 4.78 is 107. The highest BCUT2D eigenvalue weighted by Gasteiger charge is 2.53. The first kappa shape index (κ1) is 44.7. The number of likely N-dealkylation sites (N-methyl/N-ethyl adjacent to an activating group) is 1. The number of halogens is 2. The van der Waals surface area contributed by atoms with Crippen LogP contribution in [0.1, 0.15) is 88.2 Å². The van der Waals surface area contributed by atoms with Crippen LogP contribution in [-0.2, 0) is 42.9 Å². The molecule has 0 aliphatic carbocycles. The van der Waals surface area contributed by atoms with Gasteiger partial charge in [0.1, 0.15) is 0 Å². The Balaban J connectivity index is 0.000000294. The molecule has 52 heavy (non-hydrogen) atoms. The fourth-order valence-electron chi connectivity index (χ4n) is 4.90. The van der Waals surface area contributed by atoms with Crippen LogP contribution in [-0.4, -0.2) is 92.6 Å². The highest BCUT2D eigenvalue weighted by atomic mass is 32.2. The molecule has 0 N–H and O–H groups in total. The van der Waals surface area contributed by atoms with E-state index in [0.29, 0.717) is 18.6 Å². The number of sulfone groups is 1. The molecule has 2 aliphatic heterocycles. The van der Waals surface area contributed by atoms with E-state index in [2.05, 4.69) is 33.9 Å². The highest BCUT2D eigenvalue weighted by Crippen LogP contribution is 2.39. The van der Waals surface area contributed by atoms with Gasteiger partial charge in [-0.2, -0.15) is 4.31 Å². The van der Waals surface area contributed by atoms with Crippen molar-refractivity contribution in [3.8, 4) is 0 Å². The predicted molar refractivity (Wildman–Crippen MR) is 205 cm³/mol. The van der Waals surface area contributed by atoms with Crippen molar-refractivity contribution in [3.63, 3.8) is 0 Å². The molecule has 4 rings (SSSR count). The summed E-state index contributed by atoms with van der Waals surface area (Å²) in [6.45, 7) is 26.9. The van der Waals surface area contributed by atoms with Gasteiger partial charge in [-0.3, -0.25) is 0 Å². The Morgan fingerprint density at radius 3 is 1.56 bits per heavy atom. The molecular formula is C35H57B2F2NO9S2Si. The quantitative estimate of drug-likeness (QED) is 0.269. The lowest BCUT2D eigenvalue weighted by molar-refractivity contribution is 0.00578. The van der Waals surface area contributed by atoms with Gasteiger partial charge in [-0.25, -0.2) is 25.6 Å². The summed E-state index contributed by atoms with van der Waals surface area (Å²) >= 11 is 0. The van der Waals surface area contributed by atoms with E-state index in [4.69, 9.17) is 23.0 Å². The molecule has 17 heteroatoms. The first-order valence-electron chi connectivity index (χ1n) is 17.3. The van der Waals surface area contributed by atoms with Crippen molar-refractivity contribution in [2.75, 3.05) is 26.5 Å². The largest absolute Gasteiger partial charge is 0.494 e. The number of rotatable bonds is 10. The van der Waals surface area contributed by atoms with Gasteiger partial charge in [0.25, 0.3) is 6.43 Å². The summed E-state index contributed by atoms with van der Waals surface area (Å²) in [5, 5.41) is 0.0911. The van der Waals surface area contributed by atoms with Gasteiger partial charge in [-0.1, -0.05) is 45.0 Å². The maximum Gasteiger partial charge on any atom is 0.494 e. The number of hydrogen-bond donors (Lipinski definition) is 0. The summed E-state index contributed by atoms with van der Waals surface area (Å²) in [6.07, 6.45) is -1.96. The molecule has 0 bridgehead atoms. The standard InChI is InChI=1S/C21H38BNO5SSi.C14H19BF2O4S/c1-19(2,3)30(9,10)26-16-15-23(8)29(24,25)18-13-11-17(12-14-18)22-27-20(4,5)21(6,7)28-22;1-13(2)14(3,4)21-15(20-13)9-6-7-10(12(16)17)11(8-9)22(5,18)19/h11-14H,15-16H2,1-10H3;6-8,12H,1-5H3. The third-order valence-electron chi connectivity index (χ3n) is 11.0. The van der Waals surface area contributed by atoms with E-state index in [1.165, 1.54) is 16.4 Å². The molecule has 2 fully saturated rings. The van der Waals surface area contributed by atoms with Gasteiger partial charge in [-0.05, 0) is 103 Å². The first-order valence-corrected chi connectivity index (χ1v) is 23.5. The van der Waals surface area contributed by atoms with Crippen LogP contribution in [0.25, 0.3) is 0 Å². The Hall–Kier alpha value is -1.69. The molecule has 292 valence electrons. The van der Waals surface area contributed by atoms with Crippen LogP contribution in [0.15, 0.2) is 52.3 Å². The fourth-order valence-corrected chi connectivity index (χ4v) is 8.03. The smallest absolute Gasteiger partial charge is 0.415 e. The second-order valence-corrected chi connectivity index (χ2v) is 25.9. The summed E-state index contributed by atoms with van der Waals surface area (Å²) in [5.74, 6) is 0. The summed E-state index contributed by atoms with van der Waals surface area (Å²) in [6, 6.07) is 10.5. The first-order chi connectivity index (χ1) is 23.3. The van der Waals surface area contributed by atoms with Gasteiger partial charge in [0.05, 0.1) is 32.2 Å². The van der Waals surface area contributed by atoms with Gasteiger partial charge in [0.15, 0.2) is 18.2 Å². The minimum absolute atomic E-state index is 0.0911. The summed E-state index contributed by atoms with van der Waals surface area (Å²) in [7, 11) is -8.99. The summed E-state index contributed by atoms with van der Waals surface area (Å²) in [4.78, 5) is -0.146. The lowest BCUT2D eigenvalue weighted by atomic mass is 9.79. The molecule has 0 aromatic heterocycles. The molecular weight excluding hydrogens is 730 g/mol. The van der Waals surface area contributed by atoms with Crippen LogP contribution >= 0.6 is 0 Å². The van der Waals surface area contributed by atoms with Crippen LogP contribution < -0.4 is 10.9 Å². The Bertz CT molecular complexity index is 1770. The predicted octanol–water partition coefficient (Wildman–Crippen LogP) is 5.96. The van der Waals surface area contributed by atoms with Gasteiger partial charge in [0, 0.05) is 32.0 Å². The Labute approximate surface area is 312 Å². The molecule has 2 aromatic rings. The van der Waals surface area contributed by atoms with Gasteiger partial charge in [-0.15, -0.1) is 0 Å². The number of nitrogens with zero attached hydrogens (tertiary/aromatic N) is 1. The van der Waals surface area contributed by atoms with Crippen molar-refractivity contribution >= 4 is 53.3 Å². The Morgan fingerprint density at radius 1 is 0.769 bits per heavy atom. The van der Waals surface area contributed by atoms with Crippen molar-refractivity contribution in [2.24, 2.45) is 0 Å².